The molecule has 3 aromatic rings. The van der Waals surface area contributed by atoms with Crippen molar-refractivity contribution >= 4 is 34.6 Å². The number of rotatable bonds is 5. The lowest BCUT2D eigenvalue weighted by Crippen LogP contribution is -2.19. The third-order valence-electron chi connectivity index (χ3n) is 4.36. The minimum absolute atomic E-state index is 0.155. The zero-order valence-corrected chi connectivity index (χ0v) is 16.8. The fourth-order valence-corrected chi connectivity index (χ4v) is 3.65. The Kier molecular flexibility index (Phi) is 5.77. The first-order valence-corrected chi connectivity index (χ1v) is 10.1. The quantitative estimate of drug-likeness (QED) is 0.578. The highest BCUT2D eigenvalue weighted by Gasteiger charge is 2.24. The Bertz CT molecular complexity index is 1070. The summed E-state index contributed by atoms with van der Waals surface area (Å²) in [6.45, 7) is 2.53. The predicted octanol–water partition coefficient (Wildman–Crippen LogP) is 5.47. The van der Waals surface area contributed by atoms with E-state index in [4.69, 9.17) is 4.74 Å². The summed E-state index contributed by atoms with van der Waals surface area (Å²) in [5.41, 5.74) is 3.98. The van der Waals surface area contributed by atoms with Crippen molar-refractivity contribution in [3.8, 4) is 5.75 Å². The SMILES string of the molecule is Cc1ccc(COc2ccccc2/C=C2\SC(=Nc3ccccc3)NC2=O)cc1. The number of carbonyl (C=O) groups is 1. The van der Waals surface area contributed by atoms with Crippen LogP contribution in [-0.2, 0) is 11.4 Å². The van der Waals surface area contributed by atoms with Gasteiger partial charge in [-0.05, 0) is 48.5 Å². The van der Waals surface area contributed by atoms with Gasteiger partial charge in [0.25, 0.3) is 5.91 Å². The topological polar surface area (TPSA) is 50.7 Å². The van der Waals surface area contributed by atoms with Crippen LogP contribution in [0, 0.1) is 6.92 Å². The minimum atomic E-state index is -0.155. The smallest absolute Gasteiger partial charge is 0.264 e. The van der Waals surface area contributed by atoms with E-state index in [0.29, 0.717) is 16.7 Å². The predicted molar refractivity (Wildman–Crippen MR) is 119 cm³/mol. The number of thioether (sulfide) groups is 1. The number of nitrogens with zero attached hydrogens (tertiary/aromatic N) is 1. The molecule has 0 unspecified atom stereocenters. The van der Waals surface area contributed by atoms with Crippen LogP contribution < -0.4 is 10.1 Å². The monoisotopic (exact) mass is 400 g/mol. The number of para-hydroxylation sites is 2. The molecule has 1 fully saturated rings. The van der Waals surface area contributed by atoms with Gasteiger partial charge in [0.15, 0.2) is 5.17 Å². The maximum absolute atomic E-state index is 12.4. The highest BCUT2D eigenvalue weighted by atomic mass is 32.2. The van der Waals surface area contributed by atoms with Gasteiger partial charge in [-0.2, -0.15) is 0 Å². The van der Waals surface area contributed by atoms with Crippen molar-refractivity contribution in [1.82, 2.24) is 5.32 Å². The molecule has 1 heterocycles. The van der Waals surface area contributed by atoms with Gasteiger partial charge < -0.3 is 10.1 Å². The molecule has 144 valence electrons. The standard InChI is InChI=1S/C24H20N2O2S/c1-17-11-13-18(14-12-17)16-28-21-10-6-5-7-19(21)15-22-23(27)26-24(29-22)25-20-8-3-2-4-9-20/h2-15H,16H2,1H3,(H,25,26,27)/b22-15-. The Labute approximate surface area is 174 Å². The van der Waals surface area contributed by atoms with Crippen LogP contribution >= 0.6 is 11.8 Å². The van der Waals surface area contributed by atoms with Gasteiger partial charge in [-0.1, -0.05) is 66.2 Å². The van der Waals surface area contributed by atoms with Crippen LogP contribution in [0.5, 0.6) is 5.75 Å². The zero-order chi connectivity index (χ0) is 20.1. The molecular formula is C24H20N2O2S. The highest BCUT2D eigenvalue weighted by Crippen LogP contribution is 2.30. The molecule has 0 aromatic heterocycles. The minimum Gasteiger partial charge on any atom is -0.488 e. The molecule has 0 bridgehead atoms. The molecule has 4 rings (SSSR count). The number of aliphatic imine (C=N–C) groups is 1. The third-order valence-corrected chi connectivity index (χ3v) is 5.27. The van der Waals surface area contributed by atoms with Crippen molar-refractivity contribution in [3.63, 3.8) is 0 Å². The summed E-state index contributed by atoms with van der Waals surface area (Å²) in [4.78, 5) is 17.5. The van der Waals surface area contributed by atoms with Crippen LogP contribution in [0.15, 0.2) is 88.8 Å². The second-order valence-electron chi connectivity index (χ2n) is 6.63. The van der Waals surface area contributed by atoms with E-state index in [-0.39, 0.29) is 5.91 Å². The van der Waals surface area contributed by atoms with Gasteiger partial charge in [-0.15, -0.1) is 0 Å². The van der Waals surface area contributed by atoms with Crippen LogP contribution in [0.25, 0.3) is 6.08 Å². The van der Waals surface area contributed by atoms with Gasteiger partial charge >= 0.3 is 0 Å². The molecule has 0 saturated carbocycles. The van der Waals surface area contributed by atoms with Crippen LogP contribution in [-0.4, -0.2) is 11.1 Å². The number of benzene rings is 3. The normalized spacial score (nSPS) is 16.2. The molecule has 0 spiro atoms. The number of ether oxygens (including phenoxy) is 1. The van der Waals surface area contributed by atoms with Crippen molar-refractivity contribution < 1.29 is 9.53 Å². The first-order chi connectivity index (χ1) is 14.2. The summed E-state index contributed by atoms with van der Waals surface area (Å²) in [5.74, 6) is 0.584. The van der Waals surface area contributed by atoms with Gasteiger partial charge in [0.1, 0.15) is 12.4 Å². The Balaban J connectivity index is 1.51. The van der Waals surface area contributed by atoms with Crippen LogP contribution in [0.2, 0.25) is 0 Å². The first kappa shape index (κ1) is 19.0. The molecular weight excluding hydrogens is 380 g/mol. The van der Waals surface area contributed by atoms with Gasteiger partial charge in [0.05, 0.1) is 10.6 Å². The number of amides is 1. The maximum Gasteiger partial charge on any atom is 0.264 e. The van der Waals surface area contributed by atoms with Gasteiger partial charge in [0.2, 0.25) is 0 Å². The number of aryl methyl sites for hydroxylation is 1. The lowest BCUT2D eigenvalue weighted by Gasteiger charge is -2.10. The second-order valence-corrected chi connectivity index (χ2v) is 7.66. The van der Waals surface area contributed by atoms with Crippen molar-refractivity contribution in [2.75, 3.05) is 0 Å². The van der Waals surface area contributed by atoms with Crippen LogP contribution in [0.3, 0.4) is 0 Å². The number of amidine groups is 1. The van der Waals surface area contributed by atoms with E-state index >= 15 is 0 Å². The van der Waals surface area contributed by atoms with E-state index in [2.05, 4.69) is 41.5 Å². The fraction of sp³-hybridized carbons (Fsp3) is 0.0833. The van der Waals surface area contributed by atoms with E-state index in [9.17, 15) is 4.79 Å². The second kappa shape index (κ2) is 8.80. The van der Waals surface area contributed by atoms with Gasteiger partial charge in [-0.25, -0.2) is 4.99 Å². The van der Waals surface area contributed by atoms with E-state index in [1.807, 2.05) is 60.7 Å². The summed E-state index contributed by atoms with van der Waals surface area (Å²) < 4.78 is 6.02. The number of nitrogens with one attached hydrogen (secondary N) is 1. The Morgan fingerprint density at radius 2 is 1.69 bits per heavy atom. The molecule has 1 N–H and O–H groups in total. The van der Waals surface area contributed by atoms with Crippen LogP contribution in [0.1, 0.15) is 16.7 Å². The van der Waals surface area contributed by atoms with Crippen molar-refractivity contribution in [2.45, 2.75) is 13.5 Å². The van der Waals surface area contributed by atoms with Crippen LogP contribution in [0.4, 0.5) is 5.69 Å². The van der Waals surface area contributed by atoms with E-state index < -0.39 is 0 Å². The molecule has 0 radical (unpaired) electrons. The Morgan fingerprint density at radius 3 is 2.48 bits per heavy atom. The van der Waals surface area contributed by atoms with Crippen molar-refractivity contribution in [2.24, 2.45) is 4.99 Å². The van der Waals surface area contributed by atoms with Crippen molar-refractivity contribution in [1.29, 1.82) is 0 Å². The zero-order valence-electron chi connectivity index (χ0n) is 16.0. The largest absolute Gasteiger partial charge is 0.488 e. The number of carbonyl (C=O) groups excluding carboxylic acids is 1. The summed E-state index contributed by atoms with van der Waals surface area (Å²) in [7, 11) is 0. The molecule has 29 heavy (non-hydrogen) atoms. The van der Waals surface area contributed by atoms with E-state index in [1.165, 1.54) is 17.3 Å². The summed E-state index contributed by atoms with van der Waals surface area (Å²) >= 11 is 1.33. The molecule has 1 aliphatic heterocycles. The molecule has 0 atom stereocenters. The summed E-state index contributed by atoms with van der Waals surface area (Å²) in [5, 5.41) is 3.39. The van der Waals surface area contributed by atoms with Crippen molar-refractivity contribution in [3.05, 3.63) is 100 Å². The Hall–Kier alpha value is -3.31. The number of hydrogen-bond donors (Lipinski definition) is 1. The first-order valence-electron chi connectivity index (χ1n) is 9.29. The third kappa shape index (κ3) is 4.95. The molecule has 4 nitrogen and oxygen atoms in total. The lowest BCUT2D eigenvalue weighted by molar-refractivity contribution is -0.115. The molecule has 1 aliphatic rings. The van der Waals surface area contributed by atoms with E-state index in [1.54, 1.807) is 0 Å². The molecule has 5 heteroatoms. The van der Waals surface area contributed by atoms with Gasteiger partial charge in [0, 0.05) is 5.56 Å². The highest BCUT2D eigenvalue weighted by molar-refractivity contribution is 8.18. The fourth-order valence-electron chi connectivity index (χ4n) is 2.82. The average molecular weight is 401 g/mol. The average Bonchev–Trinajstić information content (AvgIpc) is 3.08. The Morgan fingerprint density at radius 1 is 0.966 bits per heavy atom. The summed E-state index contributed by atoms with van der Waals surface area (Å²) in [6, 6.07) is 25.5. The lowest BCUT2D eigenvalue weighted by atomic mass is 10.1. The molecule has 0 aliphatic carbocycles. The van der Waals surface area contributed by atoms with E-state index in [0.717, 1.165) is 22.6 Å². The summed E-state index contributed by atoms with van der Waals surface area (Å²) in [6.07, 6.45) is 1.85. The number of hydrogen-bond acceptors (Lipinski definition) is 4. The maximum atomic E-state index is 12.4. The van der Waals surface area contributed by atoms with Gasteiger partial charge in [-0.3, -0.25) is 4.79 Å². The molecule has 1 saturated heterocycles. The molecule has 3 aromatic carbocycles. The molecule has 1 amide bonds.